The molecule has 2 N–H and O–H groups in total. The monoisotopic (exact) mass is 537 g/mol. The van der Waals surface area contributed by atoms with Crippen molar-refractivity contribution in [3.05, 3.63) is 0 Å². The van der Waals surface area contributed by atoms with E-state index in [0.717, 1.165) is 25.7 Å². The van der Waals surface area contributed by atoms with E-state index in [-0.39, 0.29) is 64.6 Å². The van der Waals surface area contributed by atoms with Crippen LogP contribution < -0.4 is 5.32 Å². The van der Waals surface area contributed by atoms with Crippen molar-refractivity contribution in [1.82, 2.24) is 5.32 Å². The first-order valence-electron chi connectivity index (χ1n) is 13.5. The molecule has 0 radical (unpaired) electrons. The fourth-order valence-electron chi connectivity index (χ4n) is 4.61. The van der Waals surface area contributed by atoms with Crippen LogP contribution in [0.1, 0.15) is 72.1 Å². The SMILES string of the molecule is CC(C)(C)OC(=O)CCC(CC(=O)OCC1[C@H]2CCC#CCC[C@@H]12)C(=O)NCCOCCOCCC(=O)O. The number of carboxylic acids is 1. The lowest BCUT2D eigenvalue weighted by atomic mass is 9.98. The summed E-state index contributed by atoms with van der Waals surface area (Å²) in [6, 6.07) is 0. The highest BCUT2D eigenvalue weighted by Crippen LogP contribution is 2.52. The Balaban J connectivity index is 1.74. The maximum absolute atomic E-state index is 12.8. The molecule has 10 nitrogen and oxygen atoms in total. The Hall–Kier alpha value is -2.64. The lowest BCUT2D eigenvalue weighted by Crippen LogP contribution is -2.35. The summed E-state index contributed by atoms with van der Waals surface area (Å²) in [6.07, 6.45) is 3.85. The van der Waals surface area contributed by atoms with Crippen LogP contribution in [0, 0.1) is 35.5 Å². The van der Waals surface area contributed by atoms with Crippen LogP contribution in [0.4, 0.5) is 0 Å². The van der Waals surface area contributed by atoms with Crippen molar-refractivity contribution in [2.24, 2.45) is 23.7 Å². The van der Waals surface area contributed by atoms with Crippen LogP contribution in [0.3, 0.4) is 0 Å². The minimum atomic E-state index is -0.926. The van der Waals surface area contributed by atoms with E-state index in [9.17, 15) is 19.2 Å². The minimum Gasteiger partial charge on any atom is -0.481 e. The number of carboxylic acid groups (broad SMARTS) is 1. The number of hydrogen-bond donors (Lipinski definition) is 2. The van der Waals surface area contributed by atoms with E-state index in [0.29, 0.717) is 24.4 Å². The van der Waals surface area contributed by atoms with Gasteiger partial charge >= 0.3 is 17.9 Å². The zero-order valence-corrected chi connectivity index (χ0v) is 22.9. The van der Waals surface area contributed by atoms with Gasteiger partial charge in [-0.2, -0.15) is 0 Å². The summed E-state index contributed by atoms with van der Waals surface area (Å²) >= 11 is 0. The second kappa shape index (κ2) is 16.4. The molecule has 10 heteroatoms. The standard InChI is InChI=1S/C28H43NO9/c1-28(2,3)38-25(32)11-10-20(27(34)29-13-15-36-17-16-35-14-12-24(30)31)18-26(33)37-19-23-21-8-6-4-5-7-9-22(21)23/h20-23H,6-19H2,1-3H3,(H,29,34)(H,30,31)/t20?,21-,22+,23?. The average molecular weight is 538 g/mol. The number of aliphatic carboxylic acids is 1. The van der Waals surface area contributed by atoms with E-state index in [2.05, 4.69) is 17.2 Å². The minimum absolute atomic E-state index is 0.0135. The molecule has 0 aromatic rings. The summed E-state index contributed by atoms with van der Waals surface area (Å²) in [7, 11) is 0. The van der Waals surface area contributed by atoms with Crippen LogP contribution in [0.25, 0.3) is 0 Å². The van der Waals surface area contributed by atoms with Crippen molar-refractivity contribution >= 4 is 23.8 Å². The Morgan fingerprint density at radius 1 is 0.921 bits per heavy atom. The number of rotatable bonds is 17. The molecule has 2 rings (SSSR count). The first kappa shape index (κ1) is 31.6. The first-order chi connectivity index (χ1) is 18.1. The number of carbonyl (C=O) groups excluding carboxylic acids is 3. The lowest BCUT2D eigenvalue weighted by Gasteiger charge is -2.21. The van der Waals surface area contributed by atoms with Crippen molar-refractivity contribution in [3.8, 4) is 11.8 Å². The number of esters is 2. The number of amides is 1. The summed E-state index contributed by atoms with van der Waals surface area (Å²) in [4.78, 5) is 48.1. The van der Waals surface area contributed by atoms with Crippen LogP contribution in [0.2, 0.25) is 0 Å². The van der Waals surface area contributed by atoms with Gasteiger partial charge in [0.25, 0.3) is 0 Å². The van der Waals surface area contributed by atoms with Crippen LogP contribution in [-0.2, 0) is 38.1 Å². The predicted molar refractivity (Wildman–Crippen MR) is 138 cm³/mol. The number of hydrogen-bond acceptors (Lipinski definition) is 8. The molecule has 2 unspecified atom stereocenters. The van der Waals surface area contributed by atoms with Crippen LogP contribution >= 0.6 is 0 Å². The van der Waals surface area contributed by atoms with Gasteiger partial charge in [-0.25, -0.2) is 0 Å². The van der Waals surface area contributed by atoms with Gasteiger partial charge in [0.1, 0.15) is 5.60 Å². The average Bonchev–Trinajstić information content (AvgIpc) is 3.46. The van der Waals surface area contributed by atoms with Gasteiger partial charge in [-0.15, -0.1) is 11.8 Å². The molecule has 2 aliphatic rings. The van der Waals surface area contributed by atoms with Crippen molar-refractivity contribution in [1.29, 1.82) is 0 Å². The normalized spacial score (nSPS) is 21.0. The van der Waals surface area contributed by atoms with Gasteiger partial charge in [-0.1, -0.05) is 0 Å². The van der Waals surface area contributed by atoms with E-state index < -0.39 is 29.4 Å². The molecular formula is C28H43NO9. The number of fused-ring (bicyclic) bond motifs is 1. The highest BCUT2D eigenvalue weighted by Gasteiger charge is 2.49. The summed E-state index contributed by atoms with van der Waals surface area (Å²) < 4.78 is 21.4. The van der Waals surface area contributed by atoms with E-state index in [1.165, 1.54) is 0 Å². The molecule has 1 saturated carbocycles. The highest BCUT2D eigenvalue weighted by molar-refractivity contribution is 5.84. The number of nitrogens with one attached hydrogen (secondary N) is 1. The van der Waals surface area contributed by atoms with Crippen LogP contribution in [0.15, 0.2) is 0 Å². The summed E-state index contributed by atoms with van der Waals surface area (Å²) in [5, 5.41) is 11.3. The number of ether oxygens (including phenoxy) is 4. The molecule has 0 aromatic heterocycles. The van der Waals surface area contributed by atoms with Crippen molar-refractivity contribution in [2.75, 3.05) is 39.6 Å². The van der Waals surface area contributed by atoms with Crippen molar-refractivity contribution in [3.63, 3.8) is 0 Å². The summed E-state index contributed by atoms with van der Waals surface area (Å²) in [6.45, 7) is 6.75. The van der Waals surface area contributed by atoms with E-state index in [1.54, 1.807) is 20.8 Å². The molecule has 0 heterocycles. The third kappa shape index (κ3) is 13.2. The highest BCUT2D eigenvalue weighted by atomic mass is 16.6. The number of carbonyl (C=O) groups is 4. The van der Waals surface area contributed by atoms with Gasteiger partial charge < -0.3 is 29.4 Å². The van der Waals surface area contributed by atoms with Gasteiger partial charge in [0, 0.05) is 31.7 Å². The largest absolute Gasteiger partial charge is 0.481 e. The van der Waals surface area contributed by atoms with E-state index in [4.69, 9.17) is 24.1 Å². The molecule has 0 spiro atoms. The Bertz CT molecular complexity index is 837. The molecule has 1 amide bonds. The third-order valence-corrected chi connectivity index (χ3v) is 6.55. The molecule has 4 atom stereocenters. The molecule has 0 bridgehead atoms. The molecule has 0 aromatic carbocycles. The second-order valence-electron chi connectivity index (χ2n) is 10.8. The van der Waals surface area contributed by atoms with Gasteiger partial charge in [0.05, 0.1) is 45.9 Å². The predicted octanol–water partition coefficient (Wildman–Crippen LogP) is 2.72. The smallest absolute Gasteiger partial charge is 0.306 e. The van der Waals surface area contributed by atoms with Crippen LogP contribution in [0.5, 0.6) is 0 Å². The molecule has 214 valence electrons. The summed E-state index contributed by atoms with van der Waals surface area (Å²) in [5.74, 6) is 4.95. The molecule has 0 saturated heterocycles. The fourth-order valence-corrected chi connectivity index (χ4v) is 4.61. The molecular weight excluding hydrogens is 494 g/mol. The van der Waals surface area contributed by atoms with Crippen molar-refractivity contribution in [2.45, 2.75) is 77.7 Å². The van der Waals surface area contributed by atoms with Crippen LogP contribution in [-0.4, -0.2) is 74.1 Å². The molecule has 0 aliphatic heterocycles. The fraction of sp³-hybridized carbons (Fsp3) is 0.786. The van der Waals surface area contributed by atoms with Gasteiger partial charge in [-0.3, -0.25) is 19.2 Å². The maximum Gasteiger partial charge on any atom is 0.306 e. The first-order valence-corrected chi connectivity index (χ1v) is 13.5. The zero-order chi connectivity index (χ0) is 28.0. The quantitative estimate of drug-likeness (QED) is 0.163. The van der Waals surface area contributed by atoms with E-state index >= 15 is 0 Å². The Morgan fingerprint density at radius 2 is 1.55 bits per heavy atom. The van der Waals surface area contributed by atoms with Gasteiger partial charge in [0.2, 0.25) is 5.91 Å². The van der Waals surface area contributed by atoms with Crippen molar-refractivity contribution < 1.29 is 43.2 Å². The molecule has 1 fully saturated rings. The van der Waals surface area contributed by atoms with Gasteiger partial charge in [0.15, 0.2) is 0 Å². The zero-order valence-electron chi connectivity index (χ0n) is 22.9. The summed E-state index contributed by atoms with van der Waals surface area (Å²) in [5.41, 5.74) is -0.633. The third-order valence-electron chi connectivity index (χ3n) is 6.55. The van der Waals surface area contributed by atoms with Gasteiger partial charge in [-0.05, 0) is 57.8 Å². The molecule has 2 aliphatic carbocycles. The topological polar surface area (TPSA) is 137 Å². The van der Waals surface area contributed by atoms with E-state index in [1.807, 2.05) is 0 Å². The Morgan fingerprint density at radius 3 is 2.16 bits per heavy atom. The Labute approximate surface area is 225 Å². The Kier molecular flexibility index (Phi) is 13.6. The second-order valence-corrected chi connectivity index (χ2v) is 10.8. The maximum atomic E-state index is 12.8. The lowest BCUT2D eigenvalue weighted by molar-refractivity contribution is -0.156. The molecule has 38 heavy (non-hydrogen) atoms.